The van der Waals surface area contributed by atoms with Gasteiger partial charge in [0.25, 0.3) is 0 Å². The Hall–Kier alpha value is -2.05. The molecule has 2 amide bonds. The van der Waals surface area contributed by atoms with Crippen LogP contribution < -0.4 is 0 Å². The van der Waals surface area contributed by atoms with E-state index in [1.54, 1.807) is 13.8 Å². The number of nitrogens with zero attached hydrogens (tertiary/aromatic N) is 2. The van der Waals surface area contributed by atoms with Crippen molar-refractivity contribution in [2.45, 2.75) is 77.8 Å². The van der Waals surface area contributed by atoms with E-state index in [0.717, 1.165) is 30.4 Å². The lowest BCUT2D eigenvalue weighted by atomic mass is 10.1. The van der Waals surface area contributed by atoms with Crippen molar-refractivity contribution < 1.29 is 23.9 Å². The average Bonchev–Trinajstić information content (AvgIpc) is 2.66. The number of rotatable bonds is 13. The number of carbonyl (C=O) groups is 3. The van der Waals surface area contributed by atoms with E-state index in [-0.39, 0.29) is 5.91 Å². The van der Waals surface area contributed by atoms with Crippen molar-refractivity contribution >= 4 is 18.0 Å². The van der Waals surface area contributed by atoms with Gasteiger partial charge < -0.3 is 14.4 Å². The second-order valence-corrected chi connectivity index (χ2v) is 6.75. The number of ether oxygens (including phenoxy) is 2. The lowest BCUT2D eigenvalue weighted by molar-refractivity contribution is -0.154. The summed E-state index contributed by atoms with van der Waals surface area (Å²) in [6.07, 6.45) is 8.30. The van der Waals surface area contributed by atoms with E-state index < -0.39 is 24.1 Å². The van der Waals surface area contributed by atoms with Crippen LogP contribution in [0.5, 0.6) is 0 Å². The summed E-state index contributed by atoms with van der Waals surface area (Å²) in [4.78, 5) is 38.7. The van der Waals surface area contributed by atoms with Crippen molar-refractivity contribution in [3.8, 4) is 0 Å². The van der Waals surface area contributed by atoms with Crippen LogP contribution in [0.25, 0.3) is 0 Å². The minimum Gasteiger partial charge on any atom is -0.464 e. The van der Waals surface area contributed by atoms with Crippen molar-refractivity contribution in [3.63, 3.8) is 0 Å². The van der Waals surface area contributed by atoms with Crippen molar-refractivity contribution in [2.24, 2.45) is 0 Å². The zero-order chi connectivity index (χ0) is 20.8. The van der Waals surface area contributed by atoms with Crippen LogP contribution in [0.3, 0.4) is 0 Å². The van der Waals surface area contributed by atoms with Gasteiger partial charge in [-0.25, -0.2) is 9.59 Å². The van der Waals surface area contributed by atoms with Crippen molar-refractivity contribution in [2.75, 3.05) is 20.7 Å². The summed E-state index contributed by atoms with van der Waals surface area (Å²) in [6, 6.07) is -1.51. The molecule has 0 saturated heterocycles. The summed E-state index contributed by atoms with van der Waals surface area (Å²) in [5, 5.41) is 0. The van der Waals surface area contributed by atoms with Crippen LogP contribution in [0.1, 0.15) is 65.7 Å². The van der Waals surface area contributed by atoms with Crippen molar-refractivity contribution in [3.05, 3.63) is 12.8 Å². The standard InChI is InChI=1S/C20H36N2O5/c1-7-9-10-11-12-13-14-15-27-19(24)17(4)21(5)18(23)16(3)22(6)20(25)26-8-2/h8,16-17H,2,7,9-15H2,1,3-6H3. The van der Waals surface area contributed by atoms with Crippen molar-refractivity contribution in [1.82, 2.24) is 9.80 Å². The van der Waals surface area contributed by atoms with E-state index in [1.807, 2.05) is 0 Å². The molecule has 7 nitrogen and oxygen atoms in total. The number of esters is 1. The first-order valence-electron chi connectivity index (χ1n) is 9.75. The third-order valence-electron chi connectivity index (χ3n) is 4.67. The highest BCUT2D eigenvalue weighted by molar-refractivity contribution is 5.89. The quantitative estimate of drug-likeness (QED) is 0.275. The van der Waals surface area contributed by atoms with E-state index in [9.17, 15) is 14.4 Å². The van der Waals surface area contributed by atoms with Gasteiger partial charge in [0.2, 0.25) is 5.91 Å². The molecule has 0 radical (unpaired) electrons. The second kappa shape index (κ2) is 14.1. The van der Waals surface area contributed by atoms with Gasteiger partial charge in [0, 0.05) is 14.1 Å². The highest BCUT2D eigenvalue weighted by atomic mass is 16.5. The van der Waals surface area contributed by atoms with Gasteiger partial charge in [-0.1, -0.05) is 52.0 Å². The zero-order valence-corrected chi connectivity index (χ0v) is 17.5. The molecule has 0 heterocycles. The molecule has 0 aromatic rings. The molecule has 2 unspecified atom stereocenters. The smallest absolute Gasteiger partial charge is 0.415 e. The Morgan fingerprint density at radius 1 is 0.926 bits per heavy atom. The molecule has 0 aliphatic carbocycles. The summed E-state index contributed by atoms with van der Waals surface area (Å²) >= 11 is 0. The molecule has 0 aromatic heterocycles. The molecule has 0 N–H and O–H groups in total. The lowest BCUT2D eigenvalue weighted by Crippen LogP contribution is -2.51. The first kappa shape index (κ1) is 24.9. The Kier molecular flexibility index (Phi) is 13.0. The highest BCUT2D eigenvalue weighted by Crippen LogP contribution is 2.09. The fraction of sp³-hybridized carbons (Fsp3) is 0.750. The van der Waals surface area contributed by atoms with Crippen molar-refractivity contribution in [1.29, 1.82) is 0 Å². The normalized spacial score (nSPS) is 12.6. The number of carbonyl (C=O) groups excluding carboxylic acids is 3. The predicted octanol–water partition coefficient (Wildman–Crippen LogP) is 3.73. The molecule has 0 aliphatic rings. The molecular formula is C20H36N2O5. The second-order valence-electron chi connectivity index (χ2n) is 6.75. The first-order valence-corrected chi connectivity index (χ1v) is 9.75. The van der Waals surface area contributed by atoms with Gasteiger partial charge >= 0.3 is 12.1 Å². The number of amides is 2. The molecule has 156 valence electrons. The minimum absolute atomic E-state index is 0.361. The molecule has 0 aliphatic heterocycles. The molecule has 27 heavy (non-hydrogen) atoms. The number of unbranched alkanes of at least 4 members (excludes halogenated alkanes) is 6. The Morgan fingerprint density at radius 2 is 1.48 bits per heavy atom. The molecule has 0 fully saturated rings. The third kappa shape index (κ3) is 9.45. The Balaban J connectivity index is 4.27. The third-order valence-corrected chi connectivity index (χ3v) is 4.67. The van der Waals surface area contributed by atoms with Gasteiger partial charge in [-0.15, -0.1) is 0 Å². The van der Waals surface area contributed by atoms with Crippen LogP contribution in [-0.4, -0.2) is 60.6 Å². The average molecular weight is 385 g/mol. The number of likely N-dealkylation sites (N-methyl/N-ethyl adjacent to an activating group) is 2. The maximum atomic E-state index is 12.5. The fourth-order valence-corrected chi connectivity index (χ4v) is 2.47. The van der Waals surface area contributed by atoms with Gasteiger partial charge in [-0.3, -0.25) is 9.69 Å². The molecule has 7 heteroatoms. The summed E-state index contributed by atoms with van der Waals surface area (Å²) < 4.78 is 9.94. The molecule has 0 spiro atoms. The lowest BCUT2D eigenvalue weighted by Gasteiger charge is -2.30. The van der Waals surface area contributed by atoms with Gasteiger partial charge in [-0.2, -0.15) is 0 Å². The van der Waals surface area contributed by atoms with Crippen LogP contribution >= 0.6 is 0 Å². The van der Waals surface area contributed by atoms with Crippen LogP contribution in [0.2, 0.25) is 0 Å². The molecular weight excluding hydrogens is 348 g/mol. The fourth-order valence-electron chi connectivity index (χ4n) is 2.47. The van der Waals surface area contributed by atoms with Crippen LogP contribution in [0.4, 0.5) is 4.79 Å². The zero-order valence-electron chi connectivity index (χ0n) is 17.5. The number of hydrogen-bond acceptors (Lipinski definition) is 5. The number of hydrogen-bond donors (Lipinski definition) is 0. The minimum atomic E-state index is -0.777. The summed E-state index contributed by atoms with van der Waals surface area (Å²) in [6.45, 7) is 9.04. The van der Waals surface area contributed by atoms with Crippen LogP contribution in [0.15, 0.2) is 12.8 Å². The molecule has 0 saturated carbocycles. The van der Waals surface area contributed by atoms with Gasteiger partial charge in [0.15, 0.2) is 0 Å². The molecule has 0 bridgehead atoms. The Labute approximate surface area is 163 Å². The highest BCUT2D eigenvalue weighted by Gasteiger charge is 2.31. The van der Waals surface area contributed by atoms with Crippen LogP contribution in [0, 0.1) is 0 Å². The SMILES string of the molecule is C=COC(=O)N(C)C(C)C(=O)N(C)C(C)C(=O)OCCCCCCCCC. The van der Waals surface area contributed by atoms with E-state index in [0.29, 0.717) is 6.61 Å². The van der Waals surface area contributed by atoms with E-state index in [2.05, 4.69) is 18.2 Å². The molecule has 0 aromatic carbocycles. The predicted molar refractivity (Wildman–Crippen MR) is 105 cm³/mol. The summed E-state index contributed by atoms with van der Waals surface area (Å²) in [7, 11) is 2.97. The Morgan fingerprint density at radius 3 is 2.04 bits per heavy atom. The van der Waals surface area contributed by atoms with Gasteiger partial charge in [-0.05, 0) is 20.3 Å². The largest absolute Gasteiger partial charge is 0.464 e. The van der Waals surface area contributed by atoms with E-state index >= 15 is 0 Å². The van der Waals surface area contributed by atoms with Gasteiger partial charge in [0.05, 0.1) is 12.9 Å². The van der Waals surface area contributed by atoms with Crippen LogP contribution in [-0.2, 0) is 19.1 Å². The monoisotopic (exact) mass is 384 g/mol. The molecule has 2 atom stereocenters. The first-order chi connectivity index (χ1) is 12.8. The maximum Gasteiger partial charge on any atom is 0.415 e. The van der Waals surface area contributed by atoms with E-state index in [4.69, 9.17) is 4.74 Å². The summed E-state index contributed by atoms with van der Waals surface area (Å²) in [5.74, 6) is -0.820. The Bertz CT molecular complexity index is 481. The molecule has 0 rings (SSSR count). The maximum absolute atomic E-state index is 12.5. The van der Waals surface area contributed by atoms with E-state index in [1.165, 1.54) is 44.7 Å². The van der Waals surface area contributed by atoms with Gasteiger partial charge in [0.1, 0.15) is 12.1 Å². The topological polar surface area (TPSA) is 76.2 Å². The summed E-state index contributed by atoms with van der Waals surface area (Å²) in [5.41, 5.74) is 0.